The van der Waals surface area contributed by atoms with Crippen LogP contribution in [-0.2, 0) is 6.54 Å². The molecule has 2 aromatic rings. The lowest BCUT2D eigenvalue weighted by Gasteiger charge is -2.12. The van der Waals surface area contributed by atoms with Gasteiger partial charge in [-0.1, -0.05) is 0 Å². The van der Waals surface area contributed by atoms with Crippen LogP contribution in [0.5, 0.6) is 11.5 Å². The van der Waals surface area contributed by atoms with E-state index >= 15 is 0 Å². The van der Waals surface area contributed by atoms with Crippen molar-refractivity contribution in [2.45, 2.75) is 33.4 Å². The number of fused-ring (bicyclic) bond motifs is 1. The van der Waals surface area contributed by atoms with Gasteiger partial charge < -0.3 is 24.9 Å². The van der Waals surface area contributed by atoms with Crippen LogP contribution in [0.4, 0.5) is 0 Å². The predicted octanol–water partition coefficient (Wildman–Crippen LogP) is 2.45. The van der Waals surface area contributed by atoms with E-state index in [0.29, 0.717) is 32.1 Å². The fourth-order valence-electron chi connectivity index (χ4n) is 2.52. The third kappa shape index (κ3) is 3.14. The first kappa shape index (κ1) is 15.7. The lowest BCUT2D eigenvalue weighted by atomic mass is 10.1. The van der Waals surface area contributed by atoms with E-state index in [-0.39, 0.29) is 0 Å². The molecule has 0 bridgehead atoms. The summed E-state index contributed by atoms with van der Waals surface area (Å²) in [6, 6.07) is 3.91. The van der Waals surface area contributed by atoms with Crippen molar-refractivity contribution in [3.63, 3.8) is 0 Å². The number of benzene rings is 1. The maximum absolute atomic E-state index is 9.98. The highest BCUT2D eigenvalue weighted by Gasteiger charge is 2.16. The summed E-state index contributed by atoms with van der Waals surface area (Å²) >= 11 is 0. The molecule has 0 spiro atoms. The number of hydrogen-bond acceptors (Lipinski definition) is 4. The van der Waals surface area contributed by atoms with Gasteiger partial charge in [0.15, 0.2) is 11.5 Å². The number of nitrogens with zero attached hydrogens (tertiary/aromatic N) is 1. The van der Waals surface area contributed by atoms with E-state index in [1.807, 2.05) is 32.2 Å². The summed E-state index contributed by atoms with van der Waals surface area (Å²) < 4.78 is 13.4. The minimum Gasteiger partial charge on any atom is -0.490 e. The monoisotopic (exact) mass is 292 g/mol. The summed E-state index contributed by atoms with van der Waals surface area (Å²) in [5.41, 5.74) is 7.55. The van der Waals surface area contributed by atoms with Crippen LogP contribution in [0.1, 0.15) is 32.4 Å². The largest absolute Gasteiger partial charge is 0.490 e. The normalized spacial score (nSPS) is 12.6. The Kier molecular flexibility index (Phi) is 5.09. The number of nitrogens with two attached hydrogens (primary N) is 1. The summed E-state index contributed by atoms with van der Waals surface area (Å²) in [4.78, 5) is 0. The van der Waals surface area contributed by atoms with Gasteiger partial charge in [0.2, 0.25) is 0 Å². The lowest BCUT2D eigenvalue weighted by molar-refractivity contribution is 0.200. The maximum atomic E-state index is 9.98. The molecule has 0 saturated heterocycles. The molecular formula is C16H24N2O3. The second-order valence-electron chi connectivity index (χ2n) is 4.92. The molecule has 116 valence electrons. The number of rotatable bonds is 7. The molecule has 0 saturated carbocycles. The molecule has 1 aromatic heterocycles. The van der Waals surface area contributed by atoms with Crippen LogP contribution in [0.3, 0.4) is 0 Å². The smallest absolute Gasteiger partial charge is 0.163 e. The minimum absolute atomic E-state index is 0.542. The molecule has 1 unspecified atom stereocenters. The van der Waals surface area contributed by atoms with Crippen molar-refractivity contribution >= 4 is 10.9 Å². The van der Waals surface area contributed by atoms with Crippen LogP contribution in [0.25, 0.3) is 10.9 Å². The molecule has 1 heterocycles. The molecule has 5 nitrogen and oxygen atoms in total. The van der Waals surface area contributed by atoms with Gasteiger partial charge in [0.25, 0.3) is 0 Å². The van der Waals surface area contributed by atoms with Crippen LogP contribution in [0, 0.1) is 0 Å². The van der Waals surface area contributed by atoms with Crippen molar-refractivity contribution < 1.29 is 14.6 Å². The van der Waals surface area contributed by atoms with E-state index in [1.165, 1.54) is 0 Å². The van der Waals surface area contributed by atoms with Crippen molar-refractivity contribution in [2.24, 2.45) is 5.73 Å². The van der Waals surface area contributed by atoms with Gasteiger partial charge in [0, 0.05) is 36.3 Å². The Bertz CT molecular complexity index is 605. The number of ether oxygens (including phenoxy) is 2. The highest BCUT2D eigenvalue weighted by molar-refractivity contribution is 5.87. The first-order valence-corrected chi connectivity index (χ1v) is 7.42. The summed E-state index contributed by atoms with van der Waals surface area (Å²) in [5.74, 6) is 1.43. The molecule has 2 rings (SSSR count). The molecule has 21 heavy (non-hydrogen) atoms. The second-order valence-corrected chi connectivity index (χ2v) is 4.92. The Hall–Kier alpha value is -1.72. The van der Waals surface area contributed by atoms with Gasteiger partial charge in [-0.05, 0) is 26.8 Å². The molecule has 0 fully saturated rings. The summed E-state index contributed by atoms with van der Waals surface area (Å²) in [6.45, 7) is 8.03. The standard InChI is InChI=1S/C16H24N2O3/c1-4-20-15-8-12-13(11(3)19)10-18(7-6-17)14(12)9-16(15)21-5-2/h8-11,19H,4-7,17H2,1-3H3. The van der Waals surface area contributed by atoms with Crippen molar-refractivity contribution in [2.75, 3.05) is 19.8 Å². The van der Waals surface area contributed by atoms with E-state index in [1.54, 1.807) is 6.92 Å². The van der Waals surface area contributed by atoms with Gasteiger partial charge in [-0.25, -0.2) is 0 Å². The molecule has 0 aliphatic heterocycles. The number of aromatic nitrogens is 1. The highest BCUT2D eigenvalue weighted by Crippen LogP contribution is 2.36. The molecule has 0 aliphatic rings. The zero-order valence-corrected chi connectivity index (χ0v) is 12.9. The molecule has 0 amide bonds. The third-order valence-corrected chi connectivity index (χ3v) is 3.40. The Balaban J connectivity index is 2.64. The quantitative estimate of drug-likeness (QED) is 0.822. The Morgan fingerprint density at radius 3 is 2.33 bits per heavy atom. The van der Waals surface area contributed by atoms with E-state index in [0.717, 1.165) is 22.2 Å². The zero-order valence-electron chi connectivity index (χ0n) is 12.9. The van der Waals surface area contributed by atoms with Crippen LogP contribution < -0.4 is 15.2 Å². The molecular weight excluding hydrogens is 268 g/mol. The van der Waals surface area contributed by atoms with Gasteiger partial charge >= 0.3 is 0 Å². The van der Waals surface area contributed by atoms with E-state index in [4.69, 9.17) is 15.2 Å². The van der Waals surface area contributed by atoms with Gasteiger partial charge in [-0.3, -0.25) is 0 Å². The number of aliphatic hydroxyl groups excluding tert-OH is 1. The van der Waals surface area contributed by atoms with E-state index < -0.39 is 6.10 Å². The first-order chi connectivity index (χ1) is 10.1. The third-order valence-electron chi connectivity index (χ3n) is 3.40. The topological polar surface area (TPSA) is 69.6 Å². The van der Waals surface area contributed by atoms with Crippen molar-refractivity contribution in [3.8, 4) is 11.5 Å². The Labute approximate surface area is 125 Å². The highest BCUT2D eigenvalue weighted by atomic mass is 16.5. The van der Waals surface area contributed by atoms with E-state index in [9.17, 15) is 5.11 Å². The fraction of sp³-hybridized carbons (Fsp3) is 0.500. The number of hydrogen-bond donors (Lipinski definition) is 2. The van der Waals surface area contributed by atoms with Crippen molar-refractivity contribution in [3.05, 3.63) is 23.9 Å². The summed E-state index contributed by atoms with van der Waals surface area (Å²) in [6.07, 6.45) is 1.41. The van der Waals surface area contributed by atoms with Gasteiger partial charge in [0.1, 0.15) is 0 Å². The lowest BCUT2D eigenvalue weighted by Crippen LogP contribution is -2.09. The Morgan fingerprint density at radius 2 is 1.81 bits per heavy atom. The number of aliphatic hydroxyl groups is 1. The van der Waals surface area contributed by atoms with Crippen LogP contribution in [-0.4, -0.2) is 29.4 Å². The maximum Gasteiger partial charge on any atom is 0.163 e. The summed E-state index contributed by atoms with van der Waals surface area (Å²) in [7, 11) is 0. The minimum atomic E-state index is -0.543. The molecule has 5 heteroatoms. The van der Waals surface area contributed by atoms with E-state index in [2.05, 4.69) is 4.57 Å². The molecule has 0 aliphatic carbocycles. The predicted molar refractivity (Wildman–Crippen MR) is 84.0 cm³/mol. The van der Waals surface area contributed by atoms with Crippen LogP contribution in [0.2, 0.25) is 0 Å². The van der Waals surface area contributed by atoms with Crippen LogP contribution in [0.15, 0.2) is 18.3 Å². The SMILES string of the molecule is CCOc1cc2c(C(C)O)cn(CCN)c2cc1OCC. The van der Waals surface area contributed by atoms with Gasteiger partial charge in [0.05, 0.1) is 24.8 Å². The second kappa shape index (κ2) is 6.83. The molecule has 3 N–H and O–H groups in total. The van der Waals surface area contributed by atoms with Gasteiger partial charge in [-0.15, -0.1) is 0 Å². The molecule has 0 radical (unpaired) electrons. The zero-order chi connectivity index (χ0) is 15.4. The van der Waals surface area contributed by atoms with Crippen molar-refractivity contribution in [1.29, 1.82) is 0 Å². The fourth-order valence-corrected chi connectivity index (χ4v) is 2.52. The summed E-state index contributed by atoms with van der Waals surface area (Å²) in [5, 5.41) is 11.0. The van der Waals surface area contributed by atoms with Crippen molar-refractivity contribution in [1.82, 2.24) is 4.57 Å². The average Bonchev–Trinajstić information content (AvgIpc) is 2.79. The van der Waals surface area contributed by atoms with Gasteiger partial charge in [-0.2, -0.15) is 0 Å². The first-order valence-electron chi connectivity index (χ1n) is 7.42. The molecule has 1 aromatic carbocycles. The molecule has 1 atom stereocenters. The van der Waals surface area contributed by atoms with Crippen LogP contribution >= 0.6 is 0 Å². The average molecular weight is 292 g/mol. The Morgan fingerprint density at radius 1 is 1.19 bits per heavy atom.